The Morgan fingerprint density at radius 1 is 1.04 bits per heavy atom. The van der Waals surface area contributed by atoms with E-state index in [4.69, 9.17) is 0 Å². The molecular formula is C22H23N5O. The van der Waals surface area contributed by atoms with E-state index in [-0.39, 0.29) is 11.8 Å². The van der Waals surface area contributed by atoms with Gasteiger partial charge >= 0.3 is 0 Å². The lowest BCUT2D eigenvalue weighted by Gasteiger charge is -2.32. The zero-order valence-electron chi connectivity index (χ0n) is 15.9. The van der Waals surface area contributed by atoms with E-state index in [1.54, 1.807) is 6.33 Å². The van der Waals surface area contributed by atoms with Crippen molar-refractivity contribution in [1.29, 1.82) is 0 Å². The zero-order chi connectivity index (χ0) is 19.3. The molecule has 0 bridgehead atoms. The van der Waals surface area contributed by atoms with Crippen LogP contribution >= 0.6 is 0 Å². The fourth-order valence-corrected chi connectivity index (χ4v) is 3.50. The van der Waals surface area contributed by atoms with Gasteiger partial charge in [-0.1, -0.05) is 36.4 Å². The number of benzene rings is 1. The van der Waals surface area contributed by atoms with Gasteiger partial charge in [0.15, 0.2) is 0 Å². The summed E-state index contributed by atoms with van der Waals surface area (Å²) in [5.74, 6) is 1.57. The van der Waals surface area contributed by atoms with Gasteiger partial charge in [-0.05, 0) is 31.9 Å². The van der Waals surface area contributed by atoms with Crippen molar-refractivity contribution in [2.45, 2.75) is 19.8 Å². The third-order valence-electron chi connectivity index (χ3n) is 5.05. The van der Waals surface area contributed by atoms with E-state index in [1.807, 2.05) is 61.5 Å². The highest BCUT2D eigenvalue weighted by atomic mass is 16.1. The molecule has 0 spiro atoms. The number of aromatic nitrogens is 3. The molecule has 3 heterocycles. The second-order valence-electron chi connectivity index (χ2n) is 7.04. The number of carbonyl (C=O) groups excluding carboxylic acids is 1. The topological polar surface area (TPSA) is 71.0 Å². The molecule has 28 heavy (non-hydrogen) atoms. The van der Waals surface area contributed by atoms with E-state index >= 15 is 0 Å². The highest BCUT2D eigenvalue weighted by molar-refractivity contribution is 5.91. The van der Waals surface area contributed by atoms with Crippen LogP contribution in [-0.4, -0.2) is 33.9 Å². The number of nitrogens with one attached hydrogen (secondary N) is 1. The van der Waals surface area contributed by atoms with Crippen LogP contribution in [0.4, 0.5) is 11.6 Å². The van der Waals surface area contributed by atoms with Crippen molar-refractivity contribution in [1.82, 2.24) is 15.0 Å². The SMILES string of the molecule is Cc1cccc(NC(=O)C2CCN(c3cc(-c4ccccc4)ncn3)CC2)n1. The quantitative estimate of drug-likeness (QED) is 0.755. The van der Waals surface area contributed by atoms with Crippen LogP contribution in [0.25, 0.3) is 11.3 Å². The molecule has 0 unspecified atom stereocenters. The fraction of sp³-hybridized carbons (Fsp3) is 0.273. The van der Waals surface area contributed by atoms with Gasteiger partial charge in [0.05, 0.1) is 5.69 Å². The number of anilines is 2. The molecule has 1 fully saturated rings. The maximum absolute atomic E-state index is 12.6. The molecule has 6 heteroatoms. The first-order valence-electron chi connectivity index (χ1n) is 9.56. The van der Waals surface area contributed by atoms with Crippen LogP contribution in [0.2, 0.25) is 0 Å². The molecule has 1 aliphatic rings. The lowest BCUT2D eigenvalue weighted by atomic mass is 9.96. The summed E-state index contributed by atoms with van der Waals surface area (Å²) < 4.78 is 0. The number of rotatable bonds is 4. The second-order valence-corrected chi connectivity index (χ2v) is 7.04. The standard InChI is InChI=1S/C22H23N5O/c1-16-6-5-9-20(25-16)26-22(28)18-10-12-27(13-11-18)21-14-19(23-15-24-21)17-7-3-2-4-8-17/h2-9,14-15,18H,10-13H2,1H3,(H,25,26,28). The van der Waals surface area contributed by atoms with Gasteiger partial charge in [-0.2, -0.15) is 0 Å². The van der Waals surface area contributed by atoms with Gasteiger partial charge in [0.25, 0.3) is 0 Å². The molecule has 0 saturated carbocycles. The van der Waals surface area contributed by atoms with Crippen molar-refractivity contribution >= 4 is 17.5 Å². The zero-order valence-corrected chi connectivity index (χ0v) is 15.9. The summed E-state index contributed by atoms with van der Waals surface area (Å²) in [6.07, 6.45) is 3.20. The molecule has 1 aliphatic heterocycles. The first kappa shape index (κ1) is 18.1. The Morgan fingerprint density at radius 3 is 2.57 bits per heavy atom. The van der Waals surface area contributed by atoms with Crippen molar-refractivity contribution in [2.75, 3.05) is 23.3 Å². The third kappa shape index (κ3) is 4.17. The van der Waals surface area contributed by atoms with Gasteiger partial charge in [0, 0.05) is 36.3 Å². The predicted molar refractivity (Wildman–Crippen MR) is 110 cm³/mol. The average Bonchev–Trinajstić information content (AvgIpc) is 2.75. The molecule has 2 aromatic heterocycles. The highest BCUT2D eigenvalue weighted by Crippen LogP contribution is 2.25. The van der Waals surface area contributed by atoms with Crippen LogP contribution in [0.15, 0.2) is 60.9 Å². The number of piperidine rings is 1. The normalized spacial score (nSPS) is 14.7. The first-order chi connectivity index (χ1) is 13.7. The fourth-order valence-electron chi connectivity index (χ4n) is 3.50. The molecule has 4 rings (SSSR count). The minimum Gasteiger partial charge on any atom is -0.356 e. The molecule has 1 saturated heterocycles. The van der Waals surface area contributed by atoms with Crippen molar-refractivity contribution in [3.8, 4) is 11.3 Å². The Balaban J connectivity index is 1.38. The van der Waals surface area contributed by atoms with Gasteiger partial charge in [-0.25, -0.2) is 15.0 Å². The Hall–Kier alpha value is -3.28. The van der Waals surface area contributed by atoms with E-state index in [1.165, 1.54) is 0 Å². The Labute approximate surface area is 164 Å². The van der Waals surface area contributed by atoms with Crippen molar-refractivity contribution < 1.29 is 4.79 Å². The van der Waals surface area contributed by atoms with Crippen LogP contribution < -0.4 is 10.2 Å². The van der Waals surface area contributed by atoms with Gasteiger partial charge in [-0.15, -0.1) is 0 Å². The molecule has 0 aliphatic carbocycles. The molecule has 0 radical (unpaired) electrons. The van der Waals surface area contributed by atoms with Crippen molar-refractivity contribution in [3.05, 3.63) is 66.6 Å². The van der Waals surface area contributed by atoms with E-state index < -0.39 is 0 Å². The molecule has 6 nitrogen and oxygen atoms in total. The van der Waals surface area contributed by atoms with Crippen LogP contribution in [0.3, 0.4) is 0 Å². The summed E-state index contributed by atoms with van der Waals surface area (Å²) in [5, 5.41) is 2.94. The van der Waals surface area contributed by atoms with Crippen LogP contribution in [0, 0.1) is 12.8 Å². The number of hydrogen-bond donors (Lipinski definition) is 1. The smallest absolute Gasteiger partial charge is 0.228 e. The van der Waals surface area contributed by atoms with E-state index in [0.717, 1.165) is 48.7 Å². The minimum atomic E-state index is -0.00556. The molecule has 1 aromatic carbocycles. The third-order valence-corrected chi connectivity index (χ3v) is 5.05. The van der Waals surface area contributed by atoms with Crippen molar-refractivity contribution in [2.24, 2.45) is 5.92 Å². The minimum absolute atomic E-state index is 0.00556. The summed E-state index contributed by atoms with van der Waals surface area (Å²) >= 11 is 0. The number of amides is 1. The summed E-state index contributed by atoms with van der Waals surface area (Å²) in [5.41, 5.74) is 2.88. The van der Waals surface area contributed by atoms with E-state index in [2.05, 4.69) is 25.2 Å². The monoisotopic (exact) mass is 373 g/mol. The summed E-state index contributed by atoms with van der Waals surface area (Å²) in [6.45, 7) is 3.51. The van der Waals surface area contributed by atoms with Crippen LogP contribution in [0.5, 0.6) is 0 Å². The number of nitrogens with zero attached hydrogens (tertiary/aromatic N) is 4. The van der Waals surface area contributed by atoms with Crippen molar-refractivity contribution in [3.63, 3.8) is 0 Å². The Kier molecular flexibility index (Phi) is 5.28. The van der Waals surface area contributed by atoms with E-state index in [9.17, 15) is 4.79 Å². The predicted octanol–water partition coefficient (Wildman–Crippen LogP) is 3.70. The second kappa shape index (κ2) is 8.17. The maximum atomic E-state index is 12.6. The first-order valence-corrected chi connectivity index (χ1v) is 9.56. The molecule has 0 atom stereocenters. The van der Waals surface area contributed by atoms with Gasteiger partial charge < -0.3 is 10.2 Å². The molecule has 142 valence electrons. The Morgan fingerprint density at radius 2 is 1.82 bits per heavy atom. The summed E-state index contributed by atoms with van der Waals surface area (Å²) in [4.78, 5) is 28.0. The van der Waals surface area contributed by atoms with Crippen LogP contribution in [-0.2, 0) is 4.79 Å². The van der Waals surface area contributed by atoms with Gasteiger partial charge in [-0.3, -0.25) is 4.79 Å². The molecular weight excluding hydrogens is 350 g/mol. The largest absolute Gasteiger partial charge is 0.356 e. The lowest BCUT2D eigenvalue weighted by Crippen LogP contribution is -2.38. The molecule has 1 amide bonds. The molecule has 1 N–H and O–H groups in total. The molecule has 3 aromatic rings. The lowest BCUT2D eigenvalue weighted by molar-refractivity contribution is -0.120. The Bertz CT molecular complexity index is 952. The summed E-state index contributed by atoms with van der Waals surface area (Å²) in [7, 11) is 0. The number of hydrogen-bond acceptors (Lipinski definition) is 5. The van der Waals surface area contributed by atoms with Crippen LogP contribution in [0.1, 0.15) is 18.5 Å². The maximum Gasteiger partial charge on any atom is 0.228 e. The van der Waals surface area contributed by atoms with E-state index in [0.29, 0.717) is 5.82 Å². The highest BCUT2D eigenvalue weighted by Gasteiger charge is 2.26. The number of aryl methyl sites for hydroxylation is 1. The number of carbonyl (C=O) groups is 1. The average molecular weight is 373 g/mol. The van der Waals surface area contributed by atoms with Gasteiger partial charge in [0.1, 0.15) is 18.0 Å². The number of pyridine rings is 1. The van der Waals surface area contributed by atoms with Gasteiger partial charge in [0.2, 0.25) is 5.91 Å². The summed E-state index contributed by atoms with van der Waals surface area (Å²) in [6, 6.07) is 17.8.